The molecule has 0 atom stereocenters. The van der Waals surface area contributed by atoms with Crippen molar-refractivity contribution in [1.29, 1.82) is 0 Å². The lowest BCUT2D eigenvalue weighted by Gasteiger charge is -1.99. The molecule has 23 heavy (non-hydrogen) atoms. The molecule has 0 aliphatic heterocycles. The summed E-state index contributed by atoms with van der Waals surface area (Å²) in [6.45, 7) is 0. The molecular weight excluding hydrogens is 296 g/mol. The average molecular weight is 306 g/mol. The van der Waals surface area contributed by atoms with Crippen LogP contribution in [0, 0.1) is 0 Å². The highest BCUT2D eigenvalue weighted by Gasteiger charge is 2.23. The Balaban J connectivity index is 1.95. The molecule has 7 heteroatoms. The number of hydrogen-bond acceptors (Lipinski definition) is 4. The maximum atomic E-state index is 12.8. The number of H-pyrrole nitrogens is 1. The van der Waals surface area contributed by atoms with Crippen molar-refractivity contribution in [2.75, 3.05) is 0 Å². The summed E-state index contributed by atoms with van der Waals surface area (Å²) >= 11 is 0. The van der Waals surface area contributed by atoms with E-state index in [4.69, 9.17) is 0 Å². The molecule has 4 aromatic rings. The third-order valence-corrected chi connectivity index (χ3v) is 3.66. The number of para-hydroxylation sites is 2. The predicted octanol–water partition coefficient (Wildman–Crippen LogP) is 2.30. The van der Waals surface area contributed by atoms with Crippen molar-refractivity contribution in [3.63, 3.8) is 0 Å². The first-order chi connectivity index (χ1) is 11.2. The van der Waals surface area contributed by atoms with E-state index in [0.29, 0.717) is 16.3 Å². The van der Waals surface area contributed by atoms with Gasteiger partial charge in [-0.05, 0) is 12.1 Å². The highest BCUT2D eigenvalue weighted by Crippen LogP contribution is 2.21. The first-order valence-electron chi connectivity index (χ1n) is 6.85. The van der Waals surface area contributed by atoms with Gasteiger partial charge in [-0.1, -0.05) is 36.4 Å². The van der Waals surface area contributed by atoms with E-state index in [1.54, 1.807) is 36.4 Å². The Bertz CT molecular complexity index is 1080. The van der Waals surface area contributed by atoms with Crippen LogP contribution in [0.2, 0.25) is 0 Å². The van der Waals surface area contributed by atoms with Crippen molar-refractivity contribution in [1.82, 2.24) is 20.0 Å². The smallest absolute Gasteiger partial charge is 0.357 e. The summed E-state index contributed by atoms with van der Waals surface area (Å²) in [5.74, 6) is -1.66. The average Bonchev–Trinajstić information content (AvgIpc) is 3.16. The first kappa shape index (κ1) is 13.2. The fourth-order valence-corrected chi connectivity index (χ4v) is 2.61. The van der Waals surface area contributed by atoms with Gasteiger partial charge in [-0.3, -0.25) is 9.89 Å². The molecule has 0 fully saturated rings. The van der Waals surface area contributed by atoms with Crippen LogP contribution in [0.4, 0.5) is 0 Å². The van der Waals surface area contributed by atoms with E-state index in [0.717, 1.165) is 10.2 Å². The van der Waals surface area contributed by atoms with E-state index in [1.165, 1.54) is 0 Å². The van der Waals surface area contributed by atoms with Crippen molar-refractivity contribution in [3.8, 4) is 0 Å². The summed E-state index contributed by atoms with van der Waals surface area (Å²) in [4.78, 5) is 24.1. The van der Waals surface area contributed by atoms with Crippen LogP contribution in [0.15, 0.2) is 48.5 Å². The maximum Gasteiger partial charge on any atom is 0.357 e. The lowest BCUT2D eigenvalue weighted by Crippen LogP contribution is -2.15. The number of fused-ring (bicyclic) bond motifs is 2. The number of carbonyl (C=O) groups is 2. The highest BCUT2D eigenvalue weighted by molar-refractivity contribution is 6.10. The van der Waals surface area contributed by atoms with Gasteiger partial charge in [0.05, 0.1) is 11.0 Å². The Morgan fingerprint density at radius 2 is 1.65 bits per heavy atom. The van der Waals surface area contributed by atoms with Crippen molar-refractivity contribution in [2.24, 2.45) is 0 Å². The normalized spacial score (nSPS) is 11.1. The van der Waals surface area contributed by atoms with Crippen LogP contribution in [0.1, 0.15) is 21.0 Å². The molecule has 2 aromatic carbocycles. The van der Waals surface area contributed by atoms with E-state index in [9.17, 15) is 14.7 Å². The second-order valence-electron chi connectivity index (χ2n) is 5.01. The Morgan fingerprint density at radius 3 is 2.43 bits per heavy atom. The number of aromatic carboxylic acids is 1. The fraction of sp³-hybridized carbons (Fsp3) is 0. The molecule has 0 radical (unpaired) electrons. The van der Waals surface area contributed by atoms with E-state index >= 15 is 0 Å². The van der Waals surface area contributed by atoms with Gasteiger partial charge >= 0.3 is 5.97 Å². The van der Waals surface area contributed by atoms with Gasteiger partial charge in [-0.25, -0.2) is 4.79 Å². The van der Waals surface area contributed by atoms with Gasteiger partial charge in [-0.15, -0.1) is 0 Å². The number of nitrogens with zero attached hydrogens (tertiary/aromatic N) is 3. The third-order valence-electron chi connectivity index (χ3n) is 3.66. The van der Waals surface area contributed by atoms with Gasteiger partial charge in [0.1, 0.15) is 0 Å². The molecule has 0 spiro atoms. The largest absolute Gasteiger partial charge is 0.476 e. The molecular formula is C16H10N4O3. The number of hydrogen-bond donors (Lipinski definition) is 2. The summed E-state index contributed by atoms with van der Waals surface area (Å²) in [6, 6.07) is 13.9. The Labute approximate surface area is 129 Å². The van der Waals surface area contributed by atoms with Crippen LogP contribution in [0.25, 0.3) is 21.8 Å². The molecule has 0 saturated carbocycles. The molecule has 0 aliphatic rings. The SMILES string of the molecule is O=C(O)c1nn(C(=O)c2n[nH]c3ccccc23)c2ccccc12. The quantitative estimate of drug-likeness (QED) is 0.592. The molecule has 0 amide bonds. The van der Waals surface area contributed by atoms with E-state index in [-0.39, 0.29) is 11.4 Å². The molecule has 0 saturated heterocycles. The summed E-state index contributed by atoms with van der Waals surface area (Å²) in [6.07, 6.45) is 0. The van der Waals surface area contributed by atoms with Crippen LogP contribution in [0.5, 0.6) is 0 Å². The van der Waals surface area contributed by atoms with Crippen molar-refractivity contribution >= 4 is 33.7 Å². The van der Waals surface area contributed by atoms with Gasteiger partial charge in [0, 0.05) is 10.8 Å². The number of aromatic amines is 1. The predicted molar refractivity (Wildman–Crippen MR) is 82.5 cm³/mol. The summed E-state index contributed by atoms with van der Waals surface area (Å²) in [5.41, 5.74) is 1.20. The van der Waals surface area contributed by atoms with Crippen LogP contribution in [-0.4, -0.2) is 37.0 Å². The Kier molecular flexibility index (Phi) is 2.74. The van der Waals surface area contributed by atoms with Gasteiger partial charge in [0.25, 0.3) is 5.91 Å². The topological polar surface area (TPSA) is 101 Å². The molecule has 0 bridgehead atoms. The lowest BCUT2D eigenvalue weighted by molar-refractivity contribution is 0.0691. The summed E-state index contributed by atoms with van der Waals surface area (Å²) in [5, 5.41) is 21.1. The fourth-order valence-electron chi connectivity index (χ4n) is 2.61. The number of carbonyl (C=O) groups excluding carboxylic acids is 1. The number of benzene rings is 2. The zero-order chi connectivity index (χ0) is 16.0. The number of carboxylic acids is 1. The molecule has 2 aromatic heterocycles. The molecule has 0 unspecified atom stereocenters. The van der Waals surface area contributed by atoms with E-state index in [1.807, 2.05) is 12.1 Å². The summed E-state index contributed by atoms with van der Waals surface area (Å²) in [7, 11) is 0. The van der Waals surface area contributed by atoms with Crippen LogP contribution >= 0.6 is 0 Å². The molecule has 4 rings (SSSR count). The molecule has 0 aliphatic carbocycles. The minimum absolute atomic E-state index is 0.159. The third kappa shape index (κ3) is 1.90. The maximum absolute atomic E-state index is 12.8. The van der Waals surface area contributed by atoms with Gasteiger partial charge in [0.2, 0.25) is 0 Å². The van der Waals surface area contributed by atoms with E-state index < -0.39 is 11.9 Å². The zero-order valence-corrected chi connectivity index (χ0v) is 11.7. The Morgan fingerprint density at radius 1 is 0.957 bits per heavy atom. The molecule has 7 nitrogen and oxygen atoms in total. The van der Waals surface area contributed by atoms with Gasteiger partial charge in [-0.2, -0.15) is 14.9 Å². The van der Waals surface area contributed by atoms with E-state index in [2.05, 4.69) is 15.3 Å². The number of rotatable bonds is 2. The van der Waals surface area contributed by atoms with Crippen molar-refractivity contribution in [2.45, 2.75) is 0 Å². The van der Waals surface area contributed by atoms with Gasteiger partial charge < -0.3 is 5.11 Å². The number of nitrogens with one attached hydrogen (secondary N) is 1. The number of aromatic nitrogens is 4. The van der Waals surface area contributed by atoms with Crippen molar-refractivity contribution < 1.29 is 14.7 Å². The van der Waals surface area contributed by atoms with Crippen molar-refractivity contribution in [3.05, 3.63) is 59.9 Å². The van der Waals surface area contributed by atoms with Crippen LogP contribution < -0.4 is 0 Å². The number of carboxylic acid groups (broad SMARTS) is 1. The lowest BCUT2D eigenvalue weighted by atomic mass is 10.2. The minimum atomic E-state index is -1.18. The zero-order valence-electron chi connectivity index (χ0n) is 11.7. The van der Waals surface area contributed by atoms with Crippen LogP contribution in [-0.2, 0) is 0 Å². The minimum Gasteiger partial charge on any atom is -0.476 e. The second-order valence-corrected chi connectivity index (χ2v) is 5.01. The molecule has 2 heterocycles. The summed E-state index contributed by atoms with van der Waals surface area (Å²) < 4.78 is 1.08. The molecule has 2 N–H and O–H groups in total. The monoisotopic (exact) mass is 306 g/mol. The second kappa shape index (κ2) is 4.77. The van der Waals surface area contributed by atoms with Crippen LogP contribution in [0.3, 0.4) is 0 Å². The Hall–Kier alpha value is -3.48. The highest BCUT2D eigenvalue weighted by atomic mass is 16.4. The molecule has 112 valence electrons. The van der Waals surface area contributed by atoms with Gasteiger partial charge in [0.15, 0.2) is 11.4 Å². The first-order valence-corrected chi connectivity index (χ1v) is 6.85. The standard InChI is InChI=1S/C16H10N4O3/c21-15(13-9-5-1-3-7-11(9)17-18-13)20-12-8-4-2-6-10(12)14(19-20)16(22)23/h1-8H,(H,17,18)(H,22,23).